The lowest BCUT2D eigenvalue weighted by atomic mass is 9.98. The smallest absolute Gasteiger partial charge is 0.241 e. The molecule has 0 aliphatic carbocycles. The van der Waals surface area contributed by atoms with Crippen molar-refractivity contribution in [3.05, 3.63) is 0 Å². The van der Waals surface area contributed by atoms with Crippen LogP contribution < -0.4 is 16.2 Å². The molecule has 6 heteroatoms. The Morgan fingerprint density at radius 3 is 2.29 bits per heavy atom. The van der Waals surface area contributed by atoms with Crippen molar-refractivity contribution in [1.82, 2.24) is 16.2 Å². The molecule has 14 heavy (non-hydrogen) atoms. The number of nitrogens with one attached hydrogen (secondary N) is 3. The fourth-order valence-electron chi connectivity index (χ4n) is 1.34. The first-order valence-electron chi connectivity index (χ1n) is 4.47. The molecule has 5 nitrogen and oxygen atoms in total. The van der Waals surface area contributed by atoms with Crippen molar-refractivity contribution in [3.8, 4) is 0 Å². The second kappa shape index (κ2) is 6.62. The normalized spacial score (nSPS) is 16.6. The van der Waals surface area contributed by atoms with E-state index in [4.69, 9.17) is 0 Å². The van der Waals surface area contributed by atoms with Gasteiger partial charge in [0.05, 0.1) is 0 Å². The summed E-state index contributed by atoms with van der Waals surface area (Å²) in [6.07, 6.45) is 1.68. The second-order valence-corrected chi connectivity index (χ2v) is 3.19. The molecule has 3 N–H and O–H groups in total. The summed E-state index contributed by atoms with van der Waals surface area (Å²) < 4.78 is 0. The Labute approximate surface area is 89.4 Å². The summed E-state index contributed by atoms with van der Waals surface area (Å²) in [6, 6.07) is 0. The molecule has 0 aromatic rings. The van der Waals surface area contributed by atoms with Crippen LogP contribution in [-0.2, 0) is 9.59 Å². The minimum absolute atomic E-state index is 0. The van der Waals surface area contributed by atoms with Crippen molar-refractivity contribution in [2.45, 2.75) is 19.8 Å². The van der Waals surface area contributed by atoms with Crippen LogP contribution in [0.1, 0.15) is 19.8 Å². The summed E-state index contributed by atoms with van der Waals surface area (Å²) >= 11 is 0. The standard InChI is InChI=1S/C8H15N3O2.ClH/c1-6(12)10-11-8(13)7-2-4-9-5-3-7;/h7,9H,2-5H2,1H3,(H,10,12)(H,11,13);1H. The summed E-state index contributed by atoms with van der Waals surface area (Å²) in [5.74, 6) is -0.299. The van der Waals surface area contributed by atoms with Crippen molar-refractivity contribution in [2.75, 3.05) is 13.1 Å². The lowest BCUT2D eigenvalue weighted by Crippen LogP contribution is -2.46. The SMILES string of the molecule is CC(=O)NNC(=O)C1CCNCC1.Cl. The van der Waals surface area contributed by atoms with Gasteiger partial charge in [-0.3, -0.25) is 20.4 Å². The number of hydrogen-bond acceptors (Lipinski definition) is 3. The molecule has 1 saturated heterocycles. The van der Waals surface area contributed by atoms with Crippen LogP contribution in [0.5, 0.6) is 0 Å². The minimum atomic E-state index is -0.248. The van der Waals surface area contributed by atoms with E-state index in [9.17, 15) is 9.59 Å². The van der Waals surface area contributed by atoms with Crippen molar-refractivity contribution in [3.63, 3.8) is 0 Å². The third-order valence-corrected chi connectivity index (χ3v) is 2.07. The highest BCUT2D eigenvalue weighted by Crippen LogP contribution is 2.10. The monoisotopic (exact) mass is 221 g/mol. The van der Waals surface area contributed by atoms with Crippen LogP contribution in [0.25, 0.3) is 0 Å². The Bertz CT molecular complexity index is 205. The van der Waals surface area contributed by atoms with Crippen LogP contribution in [0.15, 0.2) is 0 Å². The van der Waals surface area contributed by atoms with Crippen molar-refractivity contribution in [2.24, 2.45) is 5.92 Å². The second-order valence-electron chi connectivity index (χ2n) is 3.19. The number of rotatable bonds is 1. The lowest BCUT2D eigenvalue weighted by molar-refractivity contribution is -0.131. The number of hydrogen-bond donors (Lipinski definition) is 3. The topological polar surface area (TPSA) is 70.2 Å². The van der Waals surface area contributed by atoms with E-state index in [0.29, 0.717) is 0 Å². The van der Waals surface area contributed by atoms with Crippen molar-refractivity contribution < 1.29 is 9.59 Å². The van der Waals surface area contributed by atoms with E-state index in [-0.39, 0.29) is 30.1 Å². The third-order valence-electron chi connectivity index (χ3n) is 2.07. The highest BCUT2D eigenvalue weighted by atomic mass is 35.5. The van der Waals surface area contributed by atoms with Crippen molar-refractivity contribution >= 4 is 24.2 Å². The Morgan fingerprint density at radius 1 is 1.21 bits per heavy atom. The van der Waals surface area contributed by atoms with Gasteiger partial charge in [0, 0.05) is 12.8 Å². The van der Waals surface area contributed by atoms with E-state index in [2.05, 4.69) is 16.2 Å². The Kier molecular flexibility index (Phi) is 6.23. The van der Waals surface area contributed by atoms with Crippen molar-refractivity contribution in [1.29, 1.82) is 0 Å². The molecule has 0 spiro atoms. The van der Waals surface area contributed by atoms with E-state index in [1.54, 1.807) is 0 Å². The molecular weight excluding hydrogens is 206 g/mol. The predicted molar refractivity (Wildman–Crippen MR) is 54.8 cm³/mol. The number of piperidine rings is 1. The molecule has 82 valence electrons. The van der Waals surface area contributed by atoms with Gasteiger partial charge in [-0.1, -0.05) is 0 Å². The van der Waals surface area contributed by atoms with Gasteiger partial charge in [0.2, 0.25) is 11.8 Å². The molecule has 0 aromatic heterocycles. The average Bonchev–Trinajstić information content (AvgIpc) is 2.15. The molecule has 0 saturated carbocycles. The average molecular weight is 222 g/mol. The van der Waals surface area contributed by atoms with Gasteiger partial charge >= 0.3 is 0 Å². The van der Waals surface area contributed by atoms with Crippen LogP contribution >= 0.6 is 12.4 Å². The first kappa shape index (κ1) is 13.2. The quantitative estimate of drug-likeness (QED) is 0.527. The summed E-state index contributed by atoms with van der Waals surface area (Å²) in [7, 11) is 0. The highest BCUT2D eigenvalue weighted by Gasteiger charge is 2.20. The number of carbonyl (C=O) groups is 2. The zero-order chi connectivity index (χ0) is 9.68. The molecule has 0 atom stereocenters. The Hall–Kier alpha value is -0.810. The highest BCUT2D eigenvalue weighted by molar-refractivity contribution is 5.85. The van der Waals surface area contributed by atoms with Gasteiger partial charge in [0.25, 0.3) is 0 Å². The maximum Gasteiger partial charge on any atom is 0.241 e. The predicted octanol–water partition coefficient (Wildman–Crippen LogP) is -0.425. The van der Waals surface area contributed by atoms with Gasteiger partial charge in [0.1, 0.15) is 0 Å². The molecule has 2 amide bonds. The number of halogens is 1. The molecule has 1 rings (SSSR count). The summed E-state index contributed by atoms with van der Waals surface area (Å²) in [5.41, 5.74) is 4.67. The van der Waals surface area contributed by atoms with E-state index in [1.165, 1.54) is 6.92 Å². The van der Waals surface area contributed by atoms with Gasteiger partial charge < -0.3 is 5.32 Å². The number of carbonyl (C=O) groups excluding carboxylic acids is 2. The third kappa shape index (κ3) is 4.43. The van der Waals surface area contributed by atoms with Crippen LogP contribution in [0, 0.1) is 5.92 Å². The van der Waals surface area contributed by atoms with Crippen LogP contribution in [0.4, 0.5) is 0 Å². The first-order chi connectivity index (χ1) is 6.20. The number of hydrazine groups is 1. The maximum absolute atomic E-state index is 11.3. The minimum Gasteiger partial charge on any atom is -0.317 e. The van der Waals surface area contributed by atoms with E-state index in [0.717, 1.165) is 25.9 Å². The summed E-state index contributed by atoms with van der Waals surface area (Å²) in [4.78, 5) is 21.8. The number of amides is 2. The van der Waals surface area contributed by atoms with E-state index < -0.39 is 0 Å². The molecule has 1 aliphatic rings. The van der Waals surface area contributed by atoms with Gasteiger partial charge in [-0.15, -0.1) is 12.4 Å². The van der Waals surface area contributed by atoms with Gasteiger partial charge in [-0.2, -0.15) is 0 Å². The zero-order valence-electron chi connectivity index (χ0n) is 8.13. The van der Waals surface area contributed by atoms with Gasteiger partial charge in [-0.25, -0.2) is 0 Å². The molecular formula is C8H16ClN3O2. The fourth-order valence-corrected chi connectivity index (χ4v) is 1.34. The summed E-state index contributed by atoms with van der Waals surface area (Å²) in [5, 5.41) is 3.17. The largest absolute Gasteiger partial charge is 0.317 e. The van der Waals surface area contributed by atoms with Gasteiger partial charge in [-0.05, 0) is 25.9 Å². The molecule has 0 radical (unpaired) electrons. The fraction of sp³-hybridized carbons (Fsp3) is 0.750. The van der Waals surface area contributed by atoms with Crippen LogP contribution in [0.2, 0.25) is 0 Å². The molecule has 0 unspecified atom stereocenters. The lowest BCUT2D eigenvalue weighted by Gasteiger charge is -2.21. The first-order valence-corrected chi connectivity index (χ1v) is 4.47. The summed E-state index contributed by atoms with van der Waals surface area (Å²) in [6.45, 7) is 3.11. The maximum atomic E-state index is 11.3. The van der Waals surface area contributed by atoms with Crippen LogP contribution in [-0.4, -0.2) is 24.9 Å². The van der Waals surface area contributed by atoms with Gasteiger partial charge in [0.15, 0.2) is 0 Å². The molecule has 1 fully saturated rings. The molecule has 0 bridgehead atoms. The zero-order valence-corrected chi connectivity index (χ0v) is 8.95. The molecule has 0 aromatic carbocycles. The molecule has 1 aliphatic heterocycles. The Morgan fingerprint density at radius 2 is 1.79 bits per heavy atom. The van der Waals surface area contributed by atoms with Crippen LogP contribution in [0.3, 0.4) is 0 Å². The molecule has 1 heterocycles. The Balaban J connectivity index is 0.00000169. The van der Waals surface area contributed by atoms with E-state index in [1.807, 2.05) is 0 Å². The van der Waals surface area contributed by atoms with E-state index >= 15 is 0 Å².